The Morgan fingerprint density at radius 2 is 0.573 bits per heavy atom. The van der Waals surface area contributed by atoms with Gasteiger partial charge in [0.05, 0.1) is 25.4 Å². The molecule has 2 atom stereocenters. The zero-order chi connectivity index (χ0) is 59.2. The second-order valence-corrected chi connectivity index (χ2v) is 26.0. The van der Waals surface area contributed by atoms with Crippen LogP contribution in [0.1, 0.15) is 425 Å². The van der Waals surface area contributed by atoms with Crippen molar-refractivity contribution in [3.05, 3.63) is 24.3 Å². The number of carbonyl (C=O) groups is 2. The number of carbonyl (C=O) groups excluding carboxylic acids is 2. The Morgan fingerprint density at radius 3 is 0.866 bits per heavy atom. The van der Waals surface area contributed by atoms with Crippen LogP contribution in [0.3, 0.4) is 0 Å². The fourth-order valence-electron chi connectivity index (χ4n) is 12.0. The van der Waals surface area contributed by atoms with Crippen molar-refractivity contribution in [3.8, 4) is 0 Å². The van der Waals surface area contributed by atoms with E-state index in [4.69, 9.17) is 4.74 Å². The molecule has 0 aliphatic heterocycles. The molecule has 486 valence electrons. The maximum absolute atomic E-state index is 12.5. The van der Waals surface area contributed by atoms with Crippen LogP contribution in [-0.2, 0) is 14.3 Å². The highest BCUT2D eigenvalue weighted by molar-refractivity contribution is 5.76. The first-order valence-corrected chi connectivity index (χ1v) is 37.6. The number of rotatable bonds is 71. The fraction of sp³-hybridized carbons (Fsp3) is 0.921. The molecule has 0 aliphatic rings. The number of aliphatic hydroxyl groups is 2. The maximum Gasteiger partial charge on any atom is 0.305 e. The molecule has 0 heterocycles. The van der Waals surface area contributed by atoms with Crippen LogP contribution >= 0.6 is 0 Å². The highest BCUT2D eigenvalue weighted by Gasteiger charge is 2.20. The average molecular weight is 1160 g/mol. The van der Waals surface area contributed by atoms with Gasteiger partial charge in [-0.1, -0.05) is 359 Å². The number of esters is 1. The summed E-state index contributed by atoms with van der Waals surface area (Å²) in [4.78, 5) is 24.6. The Bertz CT molecular complexity index is 1280. The van der Waals surface area contributed by atoms with Crippen molar-refractivity contribution in [1.29, 1.82) is 0 Å². The number of amides is 1. The maximum atomic E-state index is 12.5. The Morgan fingerprint density at radius 1 is 0.329 bits per heavy atom. The van der Waals surface area contributed by atoms with Crippen LogP contribution in [0.4, 0.5) is 0 Å². The third-order valence-electron chi connectivity index (χ3n) is 17.7. The van der Waals surface area contributed by atoms with Crippen LogP contribution in [0.2, 0.25) is 0 Å². The quantitative estimate of drug-likeness (QED) is 0.0320. The molecule has 0 radical (unpaired) electrons. The summed E-state index contributed by atoms with van der Waals surface area (Å²) in [5.41, 5.74) is 0. The number of ether oxygens (including phenoxy) is 1. The Hall–Kier alpha value is -1.66. The molecule has 0 bridgehead atoms. The molecular weight excluding hydrogens is 1010 g/mol. The molecule has 0 aromatic rings. The predicted molar refractivity (Wildman–Crippen MR) is 361 cm³/mol. The van der Waals surface area contributed by atoms with E-state index < -0.39 is 12.1 Å². The first-order valence-electron chi connectivity index (χ1n) is 37.6. The van der Waals surface area contributed by atoms with Crippen LogP contribution < -0.4 is 5.32 Å². The zero-order valence-electron chi connectivity index (χ0n) is 55.8. The van der Waals surface area contributed by atoms with Crippen molar-refractivity contribution in [2.75, 3.05) is 13.2 Å². The molecule has 0 spiro atoms. The summed E-state index contributed by atoms with van der Waals surface area (Å²) in [7, 11) is 0. The highest BCUT2D eigenvalue weighted by atomic mass is 16.5. The topological polar surface area (TPSA) is 95.9 Å². The summed E-state index contributed by atoms with van der Waals surface area (Å²) in [6, 6.07) is -0.537. The number of hydrogen-bond acceptors (Lipinski definition) is 5. The third kappa shape index (κ3) is 67.5. The molecule has 82 heavy (non-hydrogen) atoms. The Balaban J connectivity index is 3.30. The molecule has 0 aliphatic carbocycles. The lowest BCUT2D eigenvalue weighted by molar-refractivity contribution is -0.143. The average Bonchev–Trinajstić information content (AvgIpc) is 3.48. The van der Waals surface area contributed by atoms with Gasteiger partial charge in [-0.3, -0.25) is 9.59 Å². The van der Waals surface area contributed by atoms with Gasteiger partial charge < -0.3 is 20.3 Å². The van der Waals surface area contributed by atoms with E-state index in [9.17, 15) is 19.8 Å². The smallest absolute Gasteiger partial charge is 0.305 e. The first kappa shape index (κ1) is 80.3. The van der Waals surface area contributed by atoms with Crippen molar-refractivity contribution >= 4 is 11.9 Å². The second kappa shape index (κ2) is 71.8. The van der Waals surface area contributed by atoms with Crippen LogP contribution in [-0.4, -0.2) is 47.4 Å². The van der Waals surface area contributed by atoms with Crippen LogP contribution in [0.15, 0.2) is 24.3 Å². The summed E-state index contributed by atoms with van der Waals surface area (Å²) in [5, 5.41) is 23.2. The van der Waals surface area contributed by atoms with Crippen molar-refractivity contribution in [3.63, 3.8) is 0 Å². The molecule has 0 aromatic heterocycles. The summed E-state index contributed by atoms with van der Waals surface area (Å²) in [5.74, 6) is -0.00968. The van der Waals surface area contributed by atoms with E-state index in [0.29, 0.717) is 25.9 Å². The lowest BCUT2D eigenvalue weighted by atomic mass is 10.0. The lowest BCUT2D eigenvalue weighted by Gasteiger charge is -2.22. The van der Waals surface area contributed by atoms with E-state index >= 15 is 0 Å². The third-order valence-corrected chi connectivity index (χ3v) is 17.7. The van der Waals surface area contributed by atoms with E-state index in [2.05, 4.69) is 43.5 Å². The van der Waals surface area contributed by atoms with Gasteiger partial charge in [0.15, 0.2) is 0 Å². The molecule has 6 heteroatoms. The van der Waals surface area contributed by atoms with E-state index in [1.54, 1.807) is 0 Å². The largest absolute Gasteiger partial charge is 0.466 e. The lowest BCUT2D eigenvalue weighted by Crippen LogP contribution is -2.45. The van der Waals surface area contributed by atoms with Crippen LogP contribution in [0, 0.1) is 0 Å². The van der Waals surface area contributed by atoms with Gasteiger partial charge in [-0.15, -0.1) is 0 Å². The van der Waals surface area contributed by atoms with Gasteiger partial charge >= 0.3 is 5.97 Å². The van der Waals surface area contributed by atoms with Crippen molar-refractivity contribution in [2.45, 2.75) is 437 Å². The van der Waals surface area contributed by atoms with Gasteiger partial charge in [-0.05, 0) is 77.0 Å². The van der Waals surface area contributed by atoms with Crippen molar-refractivity contribution < 1.29 is 24.5 Å². The van der Waals surface area contributed by atoms with Crippen molar-refractivity contribution in [2.24, 2.45) is 0 Å². The van der Waals surface area contributed by atoms with Crippen LogP contribution in [0.25, 0.3) is 0 Å². The molecule has 0 saturated carbocycles. The van der Waals surface area contributed by atoms with E-state index in [-0.39, 0.29) is 18.5 Å². The van der Waals surface area contributed by atoms with E-state index in [0.717, 1.165) is 38.5 Å². The van der Waals surface area contributed by atoms with Gasteiger partial charge in [0.2, 0.25) is 5.91 Å². The molecule has 0 rings (SSSR count). The predicted octanol–water partition coefficient (Wildman–Crippen LogP) is 24.5. The van der Waals surface area contributed by atoms with Gasteiger partial charge in [0, 0.05) is 12.8 Å². The number of unbranched alkanes of at least 4 members (excludes halogenated alkanes) is 56. The van der Waals surface area contributed by atoms with Gasteiger partial charge in [0.25, 0.3) is 0 Å². The van der Waals surface area contributed by atoms with Crippen molar-refractivity contribution in [1.82, 2.24) is 5.32 Å². The van der Waals surface area contributed by atoms with Gasteiger partial charge in [-0.25, -0.2) is 0 Å². The minimum absolute atomic E-state index is 0.0205. The summed E-state index contributed by atoms with van der Waals surface area (Å²) >= 11 is 0. The SMILES string of the molecule is CCCCCCCC/C=C\CCCCCCCCCCCC(=O)OCCCCCCCCCCCCCCCC/C=C\CCCCCCCCCCCCCCCCCCCC(=O)NC(CO)C(O)CCCCCCCCCCCCC. The molecule has 0 fully saturated rings. The molecule has 2 unspecified atom stereocenters. The first-order chi connectivity index (χ1) is 40.5. The number of allylic oxidation sites excluding steroid dienone is 4. The summed E-state index contributed by atoms with van der Waals surface area (Å²) in [6.07, 6.45) is 91.2. The molecular formula is C76H147NO5. The zero-order valence-corrected chi connectivity index (χ0v) is 55.8. The minimum atomic E-state index is -0.660. The monoisotopic (exact) mass is 1150 g/mol. The van der Waals surface area contributed by atoms with Gasteiger partial charge in [-0.2, -0.15) is 0 Å². The fourth-order valence-corrected chi connectivity index (χ4v) is 12.0. The normalized spacial score (nSPS) is 12.6. The molecule has 1 amide bonds. The van der Waals surface area contributed by atoms with Crippen LogP contribution in [0.5, 0.6) is 0 Å². The summed E-state index contributed by atoms with van der Waals surface area (Å²) in [6.45, 7) is 4.98. The molecule has 3 N–H and O–H groups in total. The molecule has 0 saturated heterocycles. The summed E-state index contributed by atoms with van der Waals surface area (Å²) < 4.78 is 5.51. The number of hydrogen-bond donors (Lipinski definition) is 3. The van der Waals surface area contributed by atoms with E-state index in [1.807, 2.05) is 0 Å². The van der Waals surface area contributed by atoms with Gasteiger partial charge in [0.1, 0.15) is 0 Å². The number of aliphatic hydroxyl groups excluding tert-OH is 2. The standard InChI is InChI=1S/C76H147NO5/c1-3-5-7-9-11-13-15-16-17-18-36-40-43-46-50-54-58-62-66-70-76(81)82-71-67-63-59-55-51-47-44-41-38-35-33-31-29-27-25-23-21-19-20-22-24-26-28-30-32-34-37-39-42-45-49-53-57-61-65-69-75(80)77-73(72-78)74(79)68-64-60-56-52-48-14-12-10-8-6-4-2/h16-17,21,23,73-74,78-79H,3-15,18-20,22,24-72H2,1-2H3,(H,77,80)/b17-16-,23-21-. The molecule has 0 aromatic carbocycles. The number of nitrogens with one attached hydrogen (secondary N) is 1. The highest BCUT2D eigenvalue weighted by Crippen LogP contribution is 2.19. The molecule has 6 nitrogen and oxygen atoms in total. The Labute approximate surface area is 513 Å². The Kier molecular flexibility index (Phi) is 70.4. The second-order valence-electron chi connectivity index (χ2n) is 26.0. The minimum Gasteiger partial charge on any atom is -0.466 e. The van der Waals surface area contributed by atoms with E-state index in [1.165, 1.54) is 353 Å².